The molecule has 0 spiro atoms. The third-order valence-electron chi connectivity index (χ3n) is 4.22. The van der Waals surface area contributed by atoms with Crippen LogP contribution in [-0.2, 0) is 19.4 Å². The number of rotatable bonds is 7. The van der Waals surface area contributed by atoms with Crippen LogP contribution in [0.2, 0.25) is 0 Å². The molecule has 1 saturated heterocycles. The summed E-state index contributed by atoms with van der Waals surface area (Å²) in [4.78, 5) is 12.5. The highest BCUT2D eigenvalue weighted by molar-refractivity contribution is 7.92. The van der Waals surface area contributed by atoms with Gasteiger partial charge in [-0.1, -0.05) is 12.8 Å². The number of esters is 1. The number of benzene rings is 1. The van der Waals surface area contributed by atoms with E-state index in [4.69, 9.17) is 9.47 Å². The fourth-order valence-electron chi connectivity index (χ4n) is 2.75. The summed E-state index contributed by atoms with van der Waals surface area (Å²) >= 11 is 0. The Bertz CT molecular complexity index is 755. The molecule has 26 heavy (non-hydrogen) atoms. The SMILES string of the molecule is CC#CCOc1ccc(S(=O)(=O)C(CC)C(=O)OC2CCNCC2)cc1. The molecular formula is C19H25NO5S. The van der Waals surface area contributed by atoms with Crippen molar-refractivity contribution in [3.8, 4) is 17.6 Å². The molecule has 1 atom stereocenters. The van der Waals surface area contributed by atoms with Crippen LogP contribution in [0, 0.1) is 11.8 Å². The summed E-state index contributed by atoms with van der Waals surface area (Å²) in [5, 5.41) is 1.98. The van der Waals surface area contributed by atoms with Gasteiger partial charge in [-0.25, -0.2) is 8.42 Å². The lowest BCUT2D eigenvalue weighted by Gasteiger charge is -2.25. The molecule has 7 heteroatoms. The van der Waals surface area contributed by atoms with E-state index in [2.05, 4.69) is 17.2 Å². The van der Waals surface area contributed by atoms with Gasteiger partial charge < -0.3 is 14.8 Å². The third-order valence-corrected chi connectivity index (χ3v) is 6.42. The summed E-state index contributed by atoms with van der Waals surface area (Å²) in [7, 11) is -3.82. The van der Waals surface area contributed by atoms with E-state index in [1.54, 1.807) is 26.0 Å². The van der Waals surface area contributed by atoms with Gasteiger partial charge in [0, 0.05) is 0 Å². The lowest BCUT2D eigenvalue weighted by atomic mass is 10.1. The third kappa shape index (κ3) is 5.23. The first-order chi connectivity index (χ1) is 12.5. The first-order valence-electron chi connectivity index (χ1n) is 8.76. The zero-order valence-corrected chi connectivity index (χ0v) is 16.0. The van der Waals surface area contributed by atoms with Crippen molar-refractivity contribution in [1.29, 1.82) is 0 Å². The van der Waals surface area contributed by atoms with E-state index in [9.17, 15) is 13.2 Å². The summed E-state index contributed by atoms with van der Waals surface area (Å²) in [6.07, 6.45) is 1.35. The van der Waals surface area contributed by atoms with Gasteiger partial charge in [-0.3, -0.25) is 4.79 Å². The second kappa shape index (κ2) is 9.60. The maximum atomic E-state index is 12.8. The van der Waals surface area contributed by atoms with Crippen molar-refractivity contribution in [2.24, 2.45) is 0 Å². The minimum Gasteiger partial charge on any atom is -0.481 e. The number of hydrogen-bond donors (Lipinski definition) is 1. The minimum absolute atomic E-state index is 0.0838. The lowest BCUT2D eigenvalue weighted by Crippen LogP contribution is -2.38. The molecule has 0 bridgehead atoms. The van der Waals surface area contributed by atoms with Crippen molar-refractivity contribution in [3.05, 3.63) is 24.3 Å². The molecule has 0 saturated carbocycles. The van der Waals surface area contributed by atoms with Crippen LogP contribution < -0.4 is 10.1 Å². The maximum absolute atomic E-state index is 12.8. The highest BCUT2D eigenvalue weighted by Crippen LogP contribution is 2.23. The number of carbonyl (C=O) groups is 1. The Labute approximate surface area is 155 Å². The molecule has 0 aromatic heterocycles. The standard InChI is InChI=1S/C19H25NO5S/c1-3-5-14-24-15-6-8-17(9-7-15)26(22,23)18(4-2)19(21)25-16-10-12-20-13-11-16/h6-9,16,18,20H,4,10-14H2,1-2H3. The second-order valence-electron chi connectivity index (χ2n) is 6.02. The monoisotopic (exact) mass is 379 g/mol. The number of nitrogens with one attached hydrogen (secondary N) is 1. The molecule has 1 fully saturated rings. The Morgan fingerprint density at radius 1 is 1.27 bits per heavy atom. The molecule has 0 radical (unpaired) electrons. The van der Waals surface area contributed by atoms with Crippen LogP contribution in [0.3, 0.4) is 0 Å². The van der Waals surface area contributed by atoms with Crippen molar-refractivity contribution in [2.45, 2.75) is 49.4 Å². The van der Waals surface area contributed by atoms with Crippen LogP contribution in [-0.4, -0.2) is 45.4 Å². The van der Waals surface area contributed by atoms with E-state index in [1.165, 1.54) is 12.1 Å². The van der Waals surface area contributed by atoms with Gasteiger partial charge in [-0.05, 0) is 63.5 Å². The van der Waals surface area contributed by atoms with E-state index in [0.29, 0.717) is 18.6 Å². The van der Waals surface area contributed by atoms with Gasteiger partial charge in [-0.15, -0.1) is 5.92 Å². The topological polar surface area (TPSA) is 81.7 Å². The molecule has 142 valence electrons. The number of hydrogen-bond acceptors (Lipinski definition) is 6. The number of sulfone groups is 1. The first-order valence-corrected chi connectivity index (χ1v) is 10.3. The van der Waals surface area contributed by atoms with E-state index < -0.39 is 21.1 Å². The van der Waals surface area contributed by atoms with Gasteiger partial charge in [0.2, 0.25) is 0 Å². The van der Waals surface area contributed by atoms with Crippen LogP contribution in [0.15, 0.2) is 29.2 Å². The van der Waals surface area contributed by atoms with Crippen molar-refractivity contribution in [3.63, 3.8) is 0 Å². The normalized spacial score (nSPS) is 16.2. The zero-order chi connectivity index (χ0) is 19.0. The zero-order valence-electron chi connectivity index (χ0n) is 15.2. The van der Waals surface area contributed by atoms with Crippen molar-refractivity contribution in [2.75, 3.05) is 19.7 Å². The van der Waals surface area contributed by atoms with Crippen LogP contribution >= 0.6 is 0 Å². The smallest absolute Gasteiger partial charge is 0.324 e. The first kappa shape index (κ1) is 20.3. The molecule has 1 N–H and O–H groups in total. The molecule has 1 aromatic carbocycles. The average Bonchev–Trinajstić information content (AvgIpc) is 2.63. The van der Waals surface area contributed by atoms with Crippen molar-refractivity contribution in [1.82, 2.24) is 5.32 Å². The van der Waals surface area contributed by atoms with Crippen LogP contribution in [0.1, 0.15) is 33.1 Å². The van der Waals surface area contributed by atoms with E-state index >= 15 is 0 Å². The highest BCUT2D eigenvalue weighted by Gasteiger charge is 2.35. The molecule has 1 aliphatic rings. The molecular weight excluding hydrogens is 354 g/mol. The van der Waals surface area contributed by atoms with Gasteiger partial charge in [0.05, 0.1) is 4.90 Å². The van der Waals surface area contributed by atoms with E-state index in [-0.39, 0.29) is 24.0 Å². The van der Waals surface area contributed by atoms with Gasteiger partial charge >= 0.3 is 5.97 Å². The molecule has 1 aliphatic heterocycles. The summed E-state index contributed by atoms with van der Waals surface area (Å²) in [5.74, 6) is 5.34. The minimum atomic E-state index is -3.82. The average molecular weight is 379 g/mol. The number of carbonyl (C=O) groups excluding carboxylic acids is 1. The number of piperidine rings is 1. The van der Waals surface area contributed by atoms with Crippen molar-refractivity contribution >= 4 is 15.8 Å². The summed E-state index contributed by atoms with van der Waals surface area (Å²) in [6.45, 7) is 5.17. The predicted molar refractivity (Wildman–Crippen MR) is 98.6 cm³/mol. The Hall–Kier alpha value is -2.04. The van der Waals surface area contributed by atoms with Crippen molar-refractivity contribution < 1.29 is 22.7 Å². The van der Waals surface area contributed by atoms with Gasteiger partial charge in [0.25, 0.3) is 0 Å². The molecule has 1 unspecified atom stereocenters. The number of ether oxygens (including phenoxy) is 2. The van der Waals surface area contributed by atoms with Crippen LogP contribution in [0.4, 0.5) is 0 Å². The molecule has 0 aliphatic carbocycles. The Morgan fingerprint density at radius 2 is 1.92 bits per heavy atom. The van der Waals surface area contributed by atoms with Crippen LogP contribution in [0.25, 0.3) is 0 Å². The molecule has 6 nitrogen and oxygen atoms in total. The predicted octanol–water partition coefficient (Wildman–Crippen LogP) is 1.94. The van der Waals surface area contributed by atoms with Gasteiger partial charge in [0.1, 0.15) is 18.5 Å². The van der Waals surface area contributed by atoms with Gasteiger partial charge in [-0.2, -0.15) is 0 Å². The van der Waals surface area contributed by atoms with E-state index in [1.807, 2.05) is 0 Å². The molecule has 1 aromatic rings. The van der Waals surface area contributed by atoms with E-state index in [0.717, 1.165) is 13.1 Å². The molecule has 1 heterocycles. The Morgan fingerprint density at radius 3 is 2.50 bits per heavy atom. The molecule has 2 rings (SSSR count). The Balaban J connectivity index is 2.09. The molecule has 0 amide bonds. The lowest BCUT2D eigenvalue weighted by molar-refractivity contribution is -0.149. The fourth-order valence-corrected chi connectivity index (χ4v) is 4.34. The second-order valence-corrected chi connectivity index (χ2v) is 8.15. The fraction of sp³-hybridized carbons (Fsp3) is 0.526. The summed E-state index contributed by atoms with van der Waals surface area (Å²) in [6, 6.07) is 6.03. The van der Waals surface area contributed by atoms with Crippen LogP contribution in [0.5, 0.6) is 5.75 Å². The Kier molecular flexibility index (Phi) is 7.49. The largest absolute Gasteiger partial charge is 0.481 e. The quantitative estimate of drug-likeness (QED) is 0.576. The van der Waals surface area contributed by atoms with Gasteiger partial charge in [0.15, 0.2) is 15.1 Å². The highest BCUT2D eigenvalue weighted by atomic mass is 32.2. The maximum Gasteiger partial charge on any atom is 0.324 e. The summed E-state index contributed by atoms with van der Waals surface area (Å²) in [5.41, 5.74) is 0. The summed E-state index contributed by atoms with van der Waals surface area (Å²) < 4.78 is 36.5.